The summed E-state index contributed by atoms with van der Waals surface area (Å²) in [5, 5.41) is 13.8. The molecule has 0 radical (unpaired) electrons. The molecule has 1 aliphatic heterocycles. The smallest absolute Gasteiger partial charge is 0.261 e. The molecule has 132 valence electrons. The number of pyridine rings is 1. The van der Waals surface area contributed by atoms with Crippen molar-refractivity contribution in [2.45, 2.75) is 6.42 Å². The largest absolute Gasteiger partial charge is 0.618 e. The van der Waals surface area contributed by atoms with Crippen LogP contribution in [0, 0.1) is 5.21 Å². The van der Waals surface area contributed by atoms with Gasteiger partial charge in [0.05, 0.1) is 16.5 Å². The SMILES string of the molecule is O=C1c2ccccc2C(=O)N1CCc1cc2c(c[n+]([O-])c3ccccc23)o1. The standard InChI is InChI=1S/C21H14N2O4/c24-20-15-6-1-2-7-16(15)21(25)22(20)10-9-13-11-17-14-5-3-4-8-18(14)23(26)12-19(17)27-13/h1-8,11-12H,9-10H2. The van der Waals surface area contributed by atoms with Crippen molar-refractivity contribution in [3.8, 4) is 0 Å². The Labute approximate surface area is 153 Å². The third-order valence-corrected chi connectivity index (χ3v) is 4.94. The Balaban J connectivity index is 1.46. The highest BCUT2D eigenvalue weighted by atomic mass is 16.5. The van der Waals surface area contributed by atoms with Gasteiger partial charge >= 0.3 is 0 Å². The van der Waals surface area contributed by atoms with E-state index in [-0.39, 0.29) is 18.4 Å². The van der Waals surface area contributed by atoms with E-state index in [4.69, 9.17) is 4.42 Å². The molecular formula is C21H14N2O4. The van der Waals surface area contributed by atoms with Gasteiger partial charge in [0.15, 0.2) is 5.58 Å². The van der Waals surface area contributed by atoms with Crippen molar-refractivity contribution in [3.63, 3.8) is 0 Å². The molecule has 1 aliphatic rings. The van der Waals surface area contributed by atoms with E-state index in [2.05, 4.69) is 0 Å². The topological polar surface area (TPSA) is 77.5 Å². The Morgan fingerprint density at radius 2 is 1.59 bits per heavy atom. The number of aromatic nitrogens is 1. The lowest BCUT2D eigenvalue weighted by molar-refractivity contribution is -0.575. The number of hydrogen-bond donors (Lipinski definition) is 0. The fourth-order valence-electron chi connectivity index (χ4n) is 3.62. The molecule has 6 heteroatoms. The first-order valence-electron chi connectivity index (χ1n) is 8.62. The van der Waals surface area contributed by atoms with E-state index in [1.54, 1.807) is 30.3 Å². The second-order valence-electron chi connectivity index (χ2n) is 6.52. The van der Waals surface area contributed by atoms with Crippen molar-refractivity contribution in [3.05, 3.63) is 82.9 Å². The summed E-state index contributed by atoms with van der Waals surface area (Å²) in [6.07, 6.45) is 1.79. The number of rotatable bonds is 3. The molecule has 4 aromatic rings. The summed E-state index contributed by atoms with van der Waals surface area (Å²) in [6, 6.07) is 16.0. The molecule has 0 unspecified atom stereocenters. The number of imide groups is 1. The molecule has 0 N–H and O–H groups in total. The normalized spacial score (nSPS) is 13.7. The molecule has 0 fully saturated rings. The lowest BCUT2D eigenvalue weighted by Crippen LogP contribution is -2.31. The van der Waals surface area contributed by atoms with Crippen molar-refractivity contribution in [1.82, 2.24) is 4.90 Å². The molecule has 0 bridgehead atoms. The van der Waals surface area contributed by atoms with Crippen LogP contribution in [0.4, 0.5) is 0 Å². The van der Waals surface area contributed by atoms with Gasteiger partial charge in [-0.25, -0.2) is 0 Å². The number of furan rings is 1. The van der Waals surface area contributed by atoms with Gasteiger partial charge in [0.25, 0.3) is 11.8 Å². The van der Waals surface area contributed by atoms with Gasteiger partial charge < -0.3 is 9.62 Å². The number of para-hydroxylation sites is 1. The number of fused-ring (bicyclic) bond motifs is 4. The Morgan fingerprint density at radius 3 is 2.33 bits per heavy atom. The van der Waals surface area contributed by atoms with Crippen LogP contribution in [0.3, 0.4) is 0 Å². The van der Waals surface area contributed by atoms with Gasteiger partial charge in [0.2, 0.25) is 11.7 Å². The fourth-order valence-corrected chi connectivity index (χ4v) is 3.62. The quantitative estimate of drug-likeness (QED) is 0.320. The predicted molar refractivity (Wildman–Crippen MR) is 98.2 cm³/mol. The van der Waals surface area contributed by atoms with E-state index in [0.29, 0.717) is 34.4 Å². The molecule has 5 rings (SSSR count). The zero-order valence-corrected chi connectivity index (χ0v) is 14.2. The van der Waals surface area contributed by atoms with Gasteiger partial charge in [-0.2, -0.15) is 4.73 Å². The Kier molecular flexibility index (Phi) is 3.27. The van der Waals surface area contributed by atoms with Gasteiger partial charge in [0.1, 0.15) is 5.76 Å². The molecule has 0 aliphatic carbocycles. The summed E-state index contributed by atoms with van der Waals surface area (Å²) >= 11 is 0. The molecule has 27 heavy (non-hydrogen) atoms. The second-order valence-corrected chi connectivity index (χ2v) is 6.52. The number of benzene rings is 2. The van der Waals surface area contributed by atoms with Crippen molar-refractivity contribution < 1.29 is 18.7 Å². The zero-order valence-electron chi connectivity index (χ0n) is 14.2. The van der Waals surface area contributed by atoms with E-state index in [1.807, 2.05) is 24.3 Å². The average molecular weight is 358 g/mol. The van der Waals surface area contributed by atoms with E-state index < -0.39 is 0 Å². The molecule has 0 atom stereocenters. The van der Waals surface area contributed by atoms with Crippen LogP contribution in [0.25, 0.3) is 21.9 Å². The van der Waals surface area contributed by atoms with Crippen LogP contribution in [0.2, 0.25) is 0 Å². The predicted octanol–water partition coefficient (Wildman–Crippen LogP) is 3.06. The summed E-state index contributed by atoms with van der Waals surface area (Å²) in [7, 11) is 0. The molecule has 2 aromatic carbocycles. The number of hydrogen-bond acceptors (Lipinski definition) is 4. The number of carbonyl (C=O) groups is 2. The second kappa shape index (κ2) is 5.67. The van der Waals surface area contributed by atoms with E-state index in [1.165, 1.54) is 11.1 Å². The molecule has 0 saturated carbocycles. The average Bonchev–Trinajstić information content (AvgIpc) is 3.20. The maximum absolute atomic E-state index is 12.4. The summed E-state index contributed by atoms with van der Waals surface area (Å²) in [5.41, 5.74) is 1.93. The summed E-state index contributed by atoms with van der Waals surface area (Å²) in [4.78, 5) is 26.1. The highest BCUT2D eigenvalue weighted by Gasteiger charge is 2.34. The van der Waals surface area contributed by atoms with E-state index in [9.17, 15) is 14.8 Å². The number of nitrogens with zero attached hydrogens (tertiary/aromatic N) is 2. The summed E-state index contributed by atoms with van der Waals surface area (Å²) < 4.78 is 6.58. The maximum atomic E-state index is 12.4. The Morgan fingerprint density at radius 1 is 0.926 bits per heavy atom. The highest BCUT2D eigenvalue weighted by molar-refractivity contribution is 6.21. The molecule has 0 saturated heterocycles. The summed E-state index contributed by atoms with van der Waals surface area (Å²) in [5.74, 6) is 0.0574. The van der Waals surface area contributed by atoms with E-state index >= 15 is 0 Å². The lowest BCUT2D eigenvalue weighted by Gasteiger charge is -2.12. The van der Waals surface area contributed by atoms with Gasteiger partial charge in [-0.3, -0.25) is 14.5 Å². The zero-order chi connectivity index (χ0) is 18.5. The van der Waals surface area contributed by atoms with Crippen LogP contribution in [-0.2, 0) is 6.42 Å². The van der Waals surface area contributed by atoms with Gasteiger partial charge in [-0.1, -0.05) is 24.3 Å². The molecule has 2 amide bonds. The summed E-state index contributed by atoms with van der Waals surface area (Å²) in [6.45, 7) is 0.224. The van der Waals surface area contributed by atoms with Gasteiger partial charge in [0, 0.05) is 24.4 Å². The first-order chi connectivity index (χ1) is 13.1. The minimum absolute atomic E-state index is 0.224. The van der Waals surface area contributed by atoms with Crippen molar-refractivity contribution in [2.75, 3.05) is 6.54 Å². The van der Waals surface area contributed by atoms with Crippen molar-refractivity contribution >= 4 is 33.7 Å². The first kappa shape index (κ1) is 15.6. The highest BCUT2D eigenvalue weighted by Crippen LogP contribution is 2.27. The Hall–Kier alpha value is -3.67. The van der Waals surface area contributed by atoms with Crippen LogP contribution >= 0.6 is 0 Å². The monoisotopic (exact) mass is 358 g/mol. The maximum Gasteiger partial charge on any atom is 0.261 e. The minimum Gasteiger partial charge on any atom is -0.618 e. The van der Waals surface area contributed by atoms with Crippen LogP contribution < -0.4 is 4.73 Å². The molecule has 0 spiro atoms. The van der Waals surface area contributed by atoms with Crippen LogP contribution in [0.5, 0.6) is 0 Å². The third-order valence-electron chi connectivity index (χ3n) is 4.94. The Bertz CT molecular complexity index is 1210. The van der Waals surface area contributed by atoms with Crippen LogP contribution in [-0.4, -0.2) is 23.3 Å². The van der Waals surface area contributed by atoms with Gasteiger partial charge in [-0.15, -0.1) is 0 Å². The third kappa shape index (κ3) is 2.30. The fraction of sp³-hybridized carbons (Fsp3) is 0.0952. The first-order valence-corrected chi connectivity index (χ1v) is 8.62. The number of carbonyl (C=O) groups excluding carboxylic acids is 2. The number of amides is 2. The van der Waals surface area contributed by atoms with Crippen molar-refractivity contribution in [2.24, 2.45) is 0 Å². The molecule has 2 aromatic heterocycles. The van der Waals surface area contributed by atoms with E-state index in [0.717, 1.165) is 15.5 Å². The lowest BCUT2D eigenvalue weighted by atomic mass is 10.1. The molecule has 6 nitrogen and oxygen atoms in total. The van der Waals surface area contributed by atoms with Crippen LogP contribution in [0.1, 0.15) is 26.5 Å². The molecular weight excluding hydrogens is 344 g/mol. The minimum atomic E-state index is -0.283. The molecule has 3 heterocycles. The van der Waals surface area contributed by atoms with Crippen molar-refractivity contribution in [1.29, 1.82) is 0 Å². The van der Waals surface area contributed by atoms with Crippen LogP contribution in [0.15, 0.2) is 65.2 Å². The van der Waals surface area contributed by atoms with Gasteiger partial charge in [-0.05, 0) is 24.3 Å².